The minimum absolute atomic E-state index is 0.420. The van der Waals surface area contributed by atoms with Crippen LogP contribution in [0.1, 0.15) is 30.9 Å². The number of aryl methyl sites for hydroxylation is 2. The van der Waals surface area contributed by atoms with Crippen molar-refractivity contribution in [3.63, 3.8) is 0 Å². The Labute approximate surface area is 120 Å². The van der Waals surface area contributed by atoms with Crippen molar-refractivity contribution in [1.29, 1.82) is 0 Å². The second-order valence-electron chi connectivity index (χ2n) is 5.81. The maximum atomic E-state index is 12.1. The van der Waals surface area contributed by atoms with E-state index < -0.39 is 11.8 Å². The lowest BCUT2D eigenvalue weighted by atomic mass is 9.99. The third-order valence-corrected chi connectivity index (χ3v) is 3.74. The number of amides is 2. The van der Waals surface area contributed by atoms with Gasteiger partial charge in [0.25, 0.3) is 0 Å². The van der Waals surface area contributed by atoms with Crippen LogP contribution in [-0.2, 0) is 9.59 Å². The predicted molar refractivity (Wildman–Crippen MR) is 79.5 cm³/mol. The first kappa shape index (κ1) is 14.6. The van der Waals surface area contributed by atoms with E-state index in [0.717, 1.165) is 24.0 Å². The first-order valence-electron chi connectivity index (χ1n) is 7.14. The van der Waals surface area contributed by atoms with Crippen molar-refractivity contribution in [3.05, 3.63) is 29.3 Å². The monoisotopic (exact) mass is 274 g/mol. The molecule has 1 aliphatic rings. The first-order chi connectivity index (χ1) is 9.45. The normalized spacial score (nSPS) is 16.1. The zero-order valence-electron chi connectivity index (χ0n) is 12.4. The summed E-state index contributed by atoms with van der Waals surface area (Å²) in [7, 11) is 0. The van der Waals surface area contributed by atoms with Crippen LogP contribution in [0.5, 0.6) is 0 Å². The molecule has 1 heterocycles. The second-order valence-corrected chi connectivity index (χ2v) is 5.81. The molecule has 1 aliphatic heterocycles. The molecule has 108 valence electrons. The molecule has 4 nitrogen and oxygen atoms in total. The van der Waals surface area contributed by atoms with E-state index in [-0.39, 0.29) is 0 Å². The van der Waals surface area contributed by atoms with E-state index in [1.165, 1.54) is 0 Å². The van der Waals surface area contributed by atoms with Gasteiger partial charge in [-0.05, 0) is 55.9 Å². The highest BCUT2D eigenvalue weighted by Crippen LogP contribution is 2.17. The van der Waals surface area contributed by atoms with Gasteiger partial charge in [-0.15, -0.1) is 0 Å². The van der Waals surface area contributed by atoms with Gasteiger partial charge in [0.2, 0.25) is 0 Å². The predicted octanol–water partition coefficient (Wildman–Crippen LogP) is 2.50. The number of anilines is 1. The average molecular weight is 274 g/mol. The first-order valence-corrected chi connectivity index (χ1v) is 7.14. The van der Waals surface area contributed by atoms with E-state index in [0.29, 0.717) is 24.7 Å². The lowest BCUT2D eigenvalue weighted by molar-refractivity contribution is -0.144. The molecule has 1 fully saturated rings. The molecule has 0 aromatic heterocycles. The Morgan fingerprint density at radius 2 is 1.65 bits per heavy atom. The van der Waals surface area contributed by atoms with Gasteiger partial charge >= 0.3 is 11.8 Å². The molecule has 2 rings (SSSR count). The quantitative estimate of drug-likeness (QED) is 0.800. The molecule has 4 heteroatoms. The number of benzene rings is 1. The Balaban J connectivity index is 1.99. The number of nitrogens with zero attached hydrogens (tertiary/aromatic N) is 1. The van der Waals surface area contributed by atoms with E-state index in [1.54, 1.807) is 4.90 Å². The summed E-state index contributed by atoms with van der Waals surface area (Å²) in [5, 5.41) is 2.70. The van der Waals surface area contributed by atoms with Gasteiger partial charge in [0.15, 0.2) is 0 Å². The van der Waals surface area contributed by atoms with Crippen molar-refractivity contribution in [2.75, 3.05) is 18.4 Å². The number of hydrogen-bond donors (Lipinski definition) is 1. The van der Waals surface area contributed by atoms with Crippen molar-refractivity contribution < 1.29 is 9.59 Å². The van der Waals surface area contributed by atoms with E-state index in [1.807, 2.05) is 32.0 Å². The highest BCUT2D eigenvalue weighted by molar-refractivity contribution is 6.39. The topological polar surface area (TPSA) is 49.4 Å². The van der Waals surface area contributed by atoms with E-state index in [4.69, 9.17) is 0 Å². The molecule has 0 unspecified atom stereocenters. The molecule has 0 aliphatic carbocycles. The molecular weight excluding hydrogens is 252 g/mol. The van der Waals surface area contributed by atoms with E-state index >= 15 is 0 Å². The minimum atomic E-state index is -0.537. The standard InChI is InChI=1S/C16H22N2O2/c1-11-4-6-18(7-5-11)16(20)15(19)17-14-9-12(2)8-13(3)10-14/h8-11H,4-7H2,1-3H3,(H,17,19). The molecule has 1 aromatic rings. The molecule has 0 radical (unpaired) electrons. The van der Waals surface area contributed by atoms with Crippen LogP contribution in [-0.4, -0.2) is 29.8 Å². The van der Waals surface area contributed by atoms with Gasteiger partial charge in [-0.25, -0.2) is 0 Å². The lowest BCUT2D eigenvalue weighted by Gasteiger charge is -2.29. The summed E-state index contributed by atoms with van der Waals surface area (Å²) in [5.41, 5.74) is 2.82. The SMILES string of the molecule is Cc1cc(C)cc(NC(=O)C(=O)N2CCC(C)CC2)c1. The fourth-order valence-corrected chi connectivity index (χ4v) is 2.59. The van der Waals surface area contributed by atoms with Crippen molar-refractivity contribution >= 4 is 17.5 Å². The maximum Gasteiger partial charge on any atom is 0.313 e. The Bertz CT molecular complexity index is 497. The minimum Gasteiger partial charge on any atom is -0.334 e. The van der Waals surface area contributed by atoms with E-state index in [2.05, 4.69) is 12.2 Å². The third kappa shape index (κ3) is 3.59. The molecule has 0 bridgehead atoms. The molecule has 0 atom stereocenters. The maximum absolute atomic E-state index is 12.1. The summed E-state index contributed by atoms with van der Waals surface area (Å²) < 4.78 is 0. The second kappa shape index (κ2) is 6.07. The highest BCUT2D eigenvalue weighted by Gasteiger charge is 2.25. The summed E-state index contributed by atoms with van der Waals surface area (Å²) in [6.07, 6.45) is 1.95. The number of likely N-dealkylation sites (tertiary alicyclic amines) is 1. The van der Waals surface area contributed by atoms with Crippen LogP contribution in [0.3, 0.4) is 0 Å². The largest absolute Gasteiger partial charge is 0.334 e. The van der Waals surface area contributed by atoms with Crippen LogP contribution in [0, 0.1) is 19.8 Å². The van der Waals surface area contributed by atoms with Crippen molar-refractivity contribution in [1.82, 2.24) is 4.90 Å². The molecule has 0 saturated carbocycles. The molecule has 1 saturated heterocycles. The smallest absolute Gasteiger partial charge is 0.313 e. The fourth-order valence-electron chi connectivity index (χ4n) is 2.59. The number of carbonyl (C=O) groups excluding carboxylic acids is 2. The van der Waals surface area contributed by atoms with Crippen LogP contribution >= 0.6 is 0 Å². The van der Waals surface area contributed by atoms with E-state index in [9.17, 15) is 9.59 Å². The number of hydrogen-bond acceptors (Lipinski definition) is 2. The fraction of sp³-hybridized carbons (Fsp3) is 0.500. The molecule has 2 amide bonds. The highest BCUT2D eigenvalue weighted by atomic mass is 16.2. The van der Waals surface area contributed by atoms with Crippen LogP contribution in [0.2, 0.25) is 0 Å². The average Bonchev–Trinajstić information content (AvgIpc) is 2.37. The summed E-state index contributed by atoms with van der Waals surface area (Å²) in [5.74, 6) is -0.317. The van der Waals surface area contributed by atoms with Gasteiger partial charge in [-0.2, -0.15) is 0 Å². The van der Waals surface area contributed by atoms with Crippen LogP contribution in [0.4, 0.5) is 5.69 Å². The molecule has 0 spiro atoms. The van der Waals surface area contributed by atoms with Crippen LogP contribution in [0.15, 0.2) is 18.2 Å². The summed E-state index contributed by atoms with van der Waals surface area (Å²) in [6.45, 7) is 7.48. The Morgan fingerprint density at radius 1 is 1.10 bits per heavy atom. The van der Waals surface area contributed by atoms with Gasteiger partial charge < -0.3 is 10.2 Å². The Morgan fingerprint density at radius 3 is 2.20 bits per heavy atom. The summed E-state index contributed by atoms with van der Waals surface area (Å²) in [4.78, 5) is 25.8. The van der Waals surface area contributed by atoms with Crippen LogP contribution < -0.4 is 5.32 Å². The number of carbonyl (C=O) groups is 2. The number of piperidine rings is 1. The van der Waals surface area contributed by atoms with Gasteiger partial charge in [0.1, 0.15) is 0 Å². The van der Waals surface area contributed by atoms with Crippen LogP contribution in [0.25, 0.3) is 0 Å². The van der Waals surface area contributed by atoms with Crippen molar-refractivity contribution in [2.45, 2.75) is 33.6 Å². The molecule has 1 N–H and O–H groups in total. The Kier molecular flexibility index (Phi) is 4.42. The summed E-state index contributed by atoms with van der Waals surface area (Å²) in [6, 6.07) is 5.77. The summed E-state index contributed by atoms with van der Waals surface area (Å²) >= 11 is 0. The zero-order valence-corrected chi connectivity index (χ0v) is 12.4. The number of rotatable bonds is 1. The molecular formula is C16H22N2O2. The van der Waals surface area contributed by atoms with Gasteiger partial charge in [-0.3, -0.25) is 9.59 Å². The number of nitrogens with one attached hydrogen (secondary N) is 1. The van der Waals surface area contributed by atoms with Gasteiger partial charge in [0.05, 0.1) is 0 Å². The lowest BCUT2D eigenvalue weighted by Crippen LogP contribution is -2.43. The zero-order chi connectivity index (χ0) is 14.7. The third-order valence-electron chi connectivity index (χ3n) is 3.74. The van der Waals surface area contributed by atoms with Gasteiger partial charge in [0, 0.05) is 18.8 Å². The van der Waals surface area contributed by atoms with Gasteiger partial charge in [-0.1, -0.05) is 13.0 Å². The van der Waals surface area contributed by atoms with Crippen molar-refractivity contribution in [2.24, 2.45) is 5.92 Å². The van der Waals surface area contributed by atoms with Crippen molar-refractivity contribution in [3.8, 4) is 0 Å². The Hall–Kier alpha value is -1.84. The molecule has 1 aromatic carbocycles. The molecule has 20 heavy (non-hydrogen) atoms.